The minimum atomic E-state index is -0.172. The number of hydrogen-bond donors (Lipinski definition) is 0. The van der Waals surface area contributed by atoms with Gasteiger partial charge in [0.05, 0.1) is 0 Å². The van der Waals surface area contributed by atoms with Crippen molar-refractivity contribution in [3.05, 3.63) is 22.4 Å². The fourth-order valence-corrected chi connectivity index (χ4v) is 1.97. The van der Waals surface area contributed by atoms with Crippen molar-refractivity contribution in [2.24, 2.45) is 5.41 Å². The zero-order valence-corrected chi connectivity index (χ0v) is 9.99. The first kappa shape index (κ1) is 11.4. The normalized spacial score (nSPS) is 11.6. The Bertz CT molecular complexity index is 280. The predicted octanol–water partition coefficient (Wildman–Crippen LogP) is 3.69. The zero-order valence-electron chi connectivity index (χ0n) is 9.17. The van der Waals surface area contributed by atoms with E-state index >= 15 is 0 Å². The molecule has 0 radical (unpaired) electrons. The van der Waals surface area contributed by atoms with Crippen LogP contribution in [0.15, 0.2) is 16.8 Å². The summed E-state index contributed by atoms with van der Waals surface area (Å²) in [6.07, 6.45) is 2.72. The van der Waals surface area contributed by atoms with Crippen LogP contribution in [0, 0.1) is 5.41 Å². The number of Topliss-reactive ketones (excluding diaryl/α,β-unsaturated/α-hetero) is 1. The van der Waals surface area contributed by atoms with Gasteiger partial charge in [-0.05, 0) is 35.2 Å². The first-order valence-electron chi connectivity index (χ1n) is 5.04. The van der Waals surface area contributed by atoms with Crippen LogP contribution in [-0.4, -0.2) is 5.78 Å². The molecule has 0 amide bonds. The van der Waals surface area contributed by atoms with E-state index in [4.69, 9.17) is 0 Å². The van der Waals surface area contributed by atoms with Gasteiger partial charge < -0.3 is 0 Å². The Morgan fingerprint density at radius 3 is 2.64 bits per heavy atom. The topological polar surface area (TPSA) is 17.1 Å². The number of carbonyl (C=O) groups is 1. The van der Waals surface area contributed by atoms with Gasteiger partial charge in [0.15, 0.2) is 0 Å². The Labute approximate surface area is 90.2 Å². The summed E-state index contributed by atoms with van der Waals surface area (Å²) in [5.74, 6) is 0.368. The summed E-state index contributed by atoms with van der Waals surface area (Å²) < 4.78 is 0. The first-order chi connectivity index (χ1) is 6.50. The van der Waals surface area contributed by atoms with E-state index < -0.39 is 0 Å². The molecule has 0 aromatic carbocycles. The van der Waals surface area contributed by atoms with Gasteiger partial charge in [-0.15, -0.1) is 0 Å². The van der Waals surface area contributed by atoms with Gasteiger partial charge in [-0.1, -0.05) is 20.8 Å². The fraction of sp³-hybridized carbons (Fsp3) is 0.583. The van der Waals surface area contributed by atoms with Crippen LogP contribution in [0.1, 0.15) is 39.2 Å². The Morgan fingerprint density at radius 1 is 1.43 bits per heavy atom. The van der Waals surface area contributed by atoms with E-state index in [-0.39, 0.29) is 5.41 Å². The molecule has 78 valence electrons. The van der Waals surface area contributed by atoms with E-state index in [2.05, 4.69) is 16.8 Å². The van der Waals surface area contributed by atoms with E-state index in [0.29, 0.717) is 12.2 Å². The van der Waals surface area contributed by atoms with E-state index in [1.165, 1.54) is 5.56 Å². The van der Waals surface area contributed by atoms with Gasteiger partial charge in [0.2, 0.25) is 0 Å². The minimum Gasteiger partial charge on any atom is -0.299 e. The SMILES string of the molecule is CC(C)(C)C(=O)CCCc1ccsc1. The molecule has 1 rings (SSSR count). The van der Waals surface area contributed by atoms with Gasteiger partial charge in [-0.25, -0.2) is 0 Å². The minimum absolute atomic E-state index is 0.172. The predicted molar refractivity (Wildman–Crippen MR) is 61.7 cm³/mol. The van der Waals surface area contributed by atoms with Crippen molar-refractivity contribution >= 4 is 17.1 Å². The van der Waals surface area contributed by atoms with Gasteiger partial charge >= 0.3 is 0 Å². The highest BCUT2D eigenvalue weighted by Crippen LogP contribution is 2.19. The third-order valence-electron chi connectivity index (χ3n) is 2.29. The average molecular weight is 210 g/mol. The molecule has 0 saturated carbocycles. The van der Waals surface area contributed by atoms with Gasteiger partial charge in [-0.2, -0.15) is 11.3 Å². The Balaban J connectivity index is 2.26. The van der Waals surface area contributed by atoms with Gasteiger partial charge in [0, 0.05) is 11.8 Å². The molecule has 0 atom stereocenters. The molecule has 2 heteroatoms. The maximum Gasteiger partial charge on any atom is 0.138 e. The van der Waals surface area contributed by atoms with E-state index in [1.807, 2.05) is 20.8 Å². The fourth-order valence-electron chi connectivity index (χ4n) is 1.26. The molecular formula is C12H18OS. The van der Waals surface area contributed by atoms with E-state index in [9.17, 15) is 4.79 Å². The third kappa shape index (κ3) is 3.62. The van der Waals surface area contributed by atoms with Crippen molar-refractivity contribution < 1.29 is 4.79 Å². The van der Waals surface area contributed by atoms with Crippen LogP contribution in [0.2, 0.25) is 0 Å². The van der Waals surface area contributed by atoms with Crippen LogP contribution in [0.3, 0.4) is 0 Å². The Morgan fingerprint density at radius 2 is 2.14 bits per heavy atom. The van der Waals surface area contributed by atoms with E-state index in [1.54, 1.807) is 11.3 Å². The monoisotopic (exact) mass is 210 g/mol. The summed E-state index contributed by atoms with van der Waals surface area (Å²) in [4.78, 5) is 11.6. The van der Waals surface area contributed by atoms with E-state index in [0.717, 1.165) is 12.8 Å². The molecule has 1 nitrogen and oxygen atoms in total. The zero-order chi connectivity index (χ0) is 10.6. The highest BCUT2D eigenvalue weighted by atomic mass is 32.1. The lowest BCUT2D eigenvalue weighted by Gasteiger charge is -2.15. The second-order valence-corrected chi connectivity index (χ2v) is 5.44. The number of rotatable bonds is 4. The van der Waals surface area contributed by atoms with Crippen molar-refractivity contribution in [1.29, 1.82) is 0 Å². The molecule has 0 N–H and O–H groups in total. The van der Waals surface area contributed by atoms with Crippen LogP contribution < -0.4 is 0 Å². The first-order valence-corrected chi connectivity index (χ1v) is 5.99. The highest BCUT2D eigenvalue weighted by Gasteiger charge is 2.19. The van der Waals surface area contributed by atoms with Gasteiger partial charge in [-0.3, -0.25) is 4.79 Å². The molecule has 0 fully saturated rings. The number of carbonyl (C=O) groups excluding carboxylic acids is 1. The van der Waals surface area contributed by atoms with Crippen molar-refractivity contribution in [3.8, 4) is 0 Å². The Kier molecular flexibility index (Phi) is 3.87. The average Bonchev–Trinajstić information content (AvgIpc) is 2.55. The lowest BCUT2D eigenvalue weighted by Crippen LogP contribution is -2.19. The molecule has 1 aromatic heterocycles. The van der Waals surface area contributed by atoms with Crippen LogP contribution in [0.25, 0.3) is 0 Å². The second-order valence-electron chi connectivity index (χ2n) is 4.66. The molecule has 1 heterocycles. The number of hydrogen-bond acceptors (Lipinski definition) is 2. The molecule has 0 aliphatic carbocycles. The summed E-state index contributed by atoms with van der Waals surface area (Å²) in [7, 11) is 0. The maximum atomic E-state index is 11.6. The number of aryl methyl sites for hydroxylation is 1. The van der Waals surface area contributed by atoms with Crippen LogP contribution in [0.4, 0.5) is 0 Å². The molecule has 0 bridgehead atoms. The second kappa shape index (κ2) is 4.74. The molecule has 14 heavy (non-hydrogen) atoms. The van der Waals surface area contributed by atoms with Gasteiger partial charge in [0.25, 0.3) is 0 Å². The van der Waals surface area contributed by atoms with Crippen LogP contribution >= 0.6 is 11.3 Å². The summed E-state index contributed by atoms with van der Waals surface area (Å²) in [6, 6.07) is 2.13. The molecular weight excluding hydrogens is 192 g/mol. The van der Waals surface area contributed by atoms with Crippen molar-refractivity contribution in [3.63, 3.8) is 0 Å². The maximum absolute atomic E-state index is 11.6. The molecule has 1 aromatic rings. The number of ketones is 1. The lowest BCUT2D eigenvalue weighted by molar-refractivity contribution is -0.126. The number of thiophene rings is 1. The summed E-state index contributed by atoms with van der Waals surface area (Å²) in [6.45, 7) is 5.96. The van der Waals surface area contributed by atoms with Crippen molar-refractivity contribution in [1.82, 2.24) is 0 Å². The van der Waals surface area contributed by atoms with Crippen LogP contribution in [-0.2, 0) is 11.2 Å². The molecule has 0 saturated heterocycles. The molecule has 0 aliphatic heterocycles. The molecule has 0 unspecified atom stereocenters. The summed E-state index contributed by atoms with van der Waals surface area (Å²) in [5, 5.41) is 4.24. The van der Waals surface area contributed by atoms with Gasteiger partial charge in [0.1, 0.15) is 5.78 Å². The lowest BCUT2D eigenvalue weighted by atomic mass is 9.88. The largest absolute Gasteiger partial charge is 0.299 e. The van der Waals surface area contributed by atoms with Crippen LogP contribution in [0.5, 0.6) is 0 Å². The standard InChI is InChI=1S/C12H18OS/c1-12(2,3)11(13)6-4-5-10-7-8-14-9-10/h7-9H,4-6H2,1-3H3. The molecule has 0 aliphatic rings. The summed E-state index contributed by atoms with van der Waals surface area (Å²) in [5.41, 5.74) is 1.19. The van der Waals surface area contributed by atoms with Crippen molar-refractivity contribution in [2.75, 3.05) is 0 Å². The smallest absolute Gasteiger partial charge is 0.138 e. The Hall–Kier alpha value is -0.630. The highest BCUT2D eigenvalue weighted by molar-refractivity contribution is 7.07. The third-order valence-corrected chi connectivity index (χ3v) is 3.02. The summed E-state index contributed by atoms with van der Waals surface area (Å²) >= 11 is 1.72. The quantitative estimate of drug-likeness (QED) is 0.740. The molecule has 0 spiro atoms. The van der Waals surface area contributed by atoms with Crippen molar-refractivity contribution in [2.45, 2.75) is 40.0 Å².